The second kappa shape index (κ2) is 6.16. The molecule has 0 aliphatic carbocycles. The van der Waals surface area contributed by atoms with Crippen LogP contribution in [0.2, 0.25) is 0 Å². The molecule has 1 aliphatic heterocycles. The van der Waals surface area contributed by atoms with Crippen LogP contribution in [0.5, 0.6) is 0 Å². The van der Waals surface area contributed by atoms with Gasteiger partial charge in [0.05, 0.1) is 0 Å². The third kappa shape index (κ3) is 3.05. The minimum Gasteiger partial charge on any atom is -0.353 e. The Morgan fingerprint density at radius 3 is 2.96 bits per heavy atom. The molecule has 0 spiro atoms. The van der Waals surface area contributed by atoms with Crippen molar-refractivity contribution in [1.82, 2.24) is 25.1 Å². The Bertz CT molecular complexity index is 934. The highest BCUT2D eigenvalue weighted by molar-refractivity contribution is 5.95. The van der Waals surface area contributed by atoms with Crippen molar-refractivity contribution in [3.8, 4) is 0 Å². The van der Waals surface area contributed by atoms with Crippen LogP contribution >= 0.6 is 0 Å². The summed E-state index contributed by atoms with van der Waals surface area (Å²) in [7, 11) is 0. The van der Waals surface area contributed by atoms with E-state index < -0.39 is 0 Å². The van der Waals surface area contributed by atoms with Gasteiger partial charge in [-0.1, -0.05) is 17.7 Å². The molecule has 1 aromatic carbocycles. The number of rotatable bonds is 3. The number of fused-ring (bicyclic) bond motifs is 1. The van der Waals surface area contributed by atoms with Crippen molar-refractivity contribution in [2.75, 3.05) is 18.0 Å². The fourth-order valence-electron chi connectivity index (χ4n) is 3.30. The summed E-state index contributed by atoms with van der Waals surface area (Å²) < 4.78 is 1.66. The van der Waals surface area contributed by atoms with Gasteiger partial charge in [-0.15, -0.1) is 15.3 Å². The van der Waals surface area contributed by atoms with Crippen molar-refractivity contribution < 1.29 is 4.79 Å². The third-order valence-corrected chi connectivity index (χ3v) is 4.62. The molecule has 128 valence electrons. The molecule has 3 aromatic rings. The van der Waals surface area contributed by atoms with Gasteiger partial charge in [-0.05, 0) is 44.0 Å². The van der Waals surface area contributed by atoms with E-state index in [2.05, 4.69) is 25.5 Å². The van der Waals surface area contributed by atoms with Crippen molar-refractivity contribution in [1.29, 1.82) is 0 Å². The molecule has 4 rings (SSSR count). The van der Waals surface area contributed by atoms with Gasteiger partial charge in [0.25, 0.3) is 5.91 Å². The van der Waals surface area contributed by atoms with E-state index in [0.29, 0.717) is 0 Å². The first-order valence-corrected chi connectivity index (χ1v) is 8.40. The summed E-state index contributed by atoms with van der Waals surface area (Å²) in [5.41, 5.74) is 3.64. The van der Waals surface area contributed by atoms with Crippen LogP contribution in [0, 0.1) is 13.8 Å². The molecular formula is C18H20N6O. The molecule has 1 aliphatic rings. The van der Waals surface area contributed by atoms with Crippen LogP contribution in [0.4, 0.5) is 5.82 Å². The molecule has 0 unspecified atom stereocenters. The quantitative estimate of drug-likeness (QED) is 0.789. The van der Waals surface area contributed by atoms with Crippen molar-refractivity contribution in [3.63, 3.8) is 0 Å². The maximum atomic E-state index is 12.6. The molecular weight excluding hydrogens is 316 g/mol. The molecule has 1 N–H and O–H groups in total. The Morgan fingerprint density at radius 2 is 2.12 bits per heavy atom. The number of benzene rings is 1. The van der Waals surface area contributed by atoms with Crippen LogP contribution in [0.1, 0.15) is 27.9 Å². The second-order valence-corrected chi connectivity index (χ2v) is 6.55. The molecule has 1 saturated heterocycles. The van der Waals surface area contributed by atoms with Crippen molar-refractivity contribution >= 4 is 17.4 Å². The molecule has 1 atom stereocenters. The number of amides is 1. The monoisotopic (exact) mass is 336 g/mol. The minimum atomic E-state index is -0.00780. The lowest BCUT2D eigenvalue weighted by Crippen LogP contribution is -2.37. The summed E-state index contributed by atoms with van der Waals surface area (Å²) in [6.45, 7) is 5.61. The van der Waals surface area contributed by atoms with E-state index in [0.717, 1.165) is 47.7 Å². The predicted octanol–water partition coefficient (Wildman–Crippen LogP) is 1.75. The van der Waals surface area contributed by atoms with E-state index in [-0.39, 0.29) is 11.9 Å². The van der Waals surface area contributed by atoms with Crippen LogP contribution in [0.15, 0.2) is 36.7 Å². The zero-order valence-corrected chi connectivity index (χ0v) is 14.3. The summed E-state index contributed by atoms with van der Waals surface area (Å²) >= 11 is 0. The second-order valence-electron chi connectivity index (χ2n) is 6.55. The van der Waals surface area contributed by atoms with Crippen LogP contribution < -0.4 is 10.2 Å². The third-order valence-electron chi connectivity index (χ3n) is 4.62. The Kier molecular flexibility index (Phi) is 3.83. The lowest BCUT2D eigenvalue weighted by molar-refractivity contribution is 0.0940. The van der Waals surface area contributed by atoms with Crippen molar-refractivity contribution in [2.24, 2.45) is 0 Å². The maximum Gasteiger partial charge on any atom is 0.251 e. The number of nitrogens with one attached hydrogen (secondary N) is 1. The summed E-state index contributed by atoms with van der Waals surface area (Å²) in [4.78, 5) is 14.7. The number of hydrogen-bond acceptors (Lipinski definition) is 5. The summed E-state index contributed by atoms with van der Waals surface area (Å²) in [6, 6.07) is 9.87. The molecule has 1 fully saturated rings. The topological polar surface area (TPSA) is 75.4 Å². The Balaban J connectivity index is 1.44. The van der Waals surface area contributed by atoms with Gasteiger partial charge in [-0.25, -0.2) is 0 Å². The lowest BCUT2D eigenvalue weighted by Gasteiger charge is -2.18. The van der Waals surface area contributed by atoms with Gasteiger partial charge >= 0.3 is 0 Å². The van der Waals surface area contributed by atoms with Gasteiger partial charge in [0.1, 0.15) is 12.1 Å². The molecule has 0 saturated carbocycles. The first-order valence-electron chi connectivity index (χ1n) is 8.40. The highest BCUT2D eigenvalue weighted by Gasteiger charge is 2.25. The summed E-state index contributed by atoms with van der Waals surface area (Å²) in [5, 5.41) is 15.5. The molecule has 7 nitrogen and oxygen atoms in total. The molecule has 0 radical (unpaired) electrons. The summed E-state index contributed by atoms with van der Waals surface area (Å²) in [6.07, 6.45) is 2.49. The van der Waals surface area contributed by atoms with Gasteiger partial charge in [0.2, 0.25) is 0 Å². The zero-order chi connectivity index (χ0) is 17.4. The number of carbonyl (C=O) groups excluding carboxylic acids is 1. The first kappa shape index (κ1) is 15.6. The molecule has 3 heterocycles. The van der Waals surface area contributed by atoms with E-state index in [1.807, 2.05) is 44.2 Å². The number of carbonyl (C=O) groups is 1. The Hall–Kier alpha value is -2.96. The minimum absolute atomic E-state index is 0.00780. The number of hydrogen-bond donors (Lipinski definition) is 1. The van der Waals surface area contributed by atoms with Gasteiger partial charge in [0, 0.05) is 24.7 Å². The summed E-state index contributed by atoms with van der Waals surface area (Å²) in [5.74, 6) is 0.863. The van der Waals surface area contributed by atoms with Gasteiger partial charge in [0.15, 0.2) is 5.65 Å². The van der Waals surface area contributed by atoms with Crippen molar-refractivity contribution in [3.05, 3.63) is 53.3 Å². The molecule has 2 aromatic heterocycles. The molecule has 0 bridgehead atoms. The number of anilines is 1. The smallest absolute Gasteiger partial charge is 0.251 e. The van der Waals surface area contributed by atoms with Crippen LogP contribution in [-0.4, -0.2) is 44.8 Å². The van der Waals surface area contributed by atoms with E-state index in [1.165, 1.54) is 0 Å². The average Bonchev–Trinajstić information content (AvgIpc) is 3.22. The SMILES string of the molecule is Cc1ccc(C(=O)N[C@H]2CCN(c3ccc4nncn4n3)C2)c(C)c1. The highest BCUT2D eigenvalue weighted by Crippen LogP contribution is 2.19. The van der Waals surface area contributed by atoms with Gasteiger partial charge < -0.3 is 10.2 Å². The van der Waals surface area contributed by atoms with Gasteiger partial charge in [-0.3, -0.25) is 4.79 Å². The Labute approximate surface area is 145 Å². The average molecular weight is 336 g/mol. The molecule has 25 heavy (non-hydrogen) atoms. The zero-order valence-electron chi connectivity index (χ0n) is 14.3. The van der Waals surface area contributed by atoms with Crippen LogP contribution in [-0.2, 0) is 0 Å². The van der Waals surface area contributed by atoms with E-state index >= 15 is 0 Å². The van der Waals surface area contributed by atoms with Crippen molar-refractivity contribution in [2.45, 2.75) is 26.3 Å². The van der Waals surface area contributed by atoms with E-state index in [4.69, 9.17) is 0 Å². The fraction of sp³-hybridized carbons (Fsp3) is 0.333. The number of aryl methyl sites for hydroxylation is 2. The first-order chi connectivity index (χ1) is 12.1. The van der Waals surface area contributed by atoms with E-state index in [9.17, 15) is 4.79 Å². The van der Waals surface area contributed by atoms with Gasteiger partial charge in [-0.2, -0.15) is 4.52 Å². The maximum absolute atomic E-state index is 12.6. The largest absolute Gasteiger partial charge is 0.353 e. The molecule has 7 heteroatoms. The lowest BCUT2D eigenvalue weighted by atomic mass is 10.0. The normalized spacial score (nSPS) is 17.2. The Morgan fingerprint density at radius 1 is 1.24 bits per heavy atom. The van der Waals surface area contributed by atoms with E-state index in [1.54, 1.807) is 10.8 Å². The molecule has 1 amide bonds. The van der Waals surface area contributed by atoms with Crippen LogP contribution in [0.3, 0.4) is 0 Å². The standard InChI is InChI=1S/C18H20N6O/c1-12-3-4-15(13(2)9-12)18(25)20-14-7-8-23(10-14)17-6-5-16-21-19-11-24(16)22-17/h3-6,9,11,14H,7-8,10H2,1-2H3,(H,20,25)/t14-/m0/s1. The highest BCUT2D eigenvalue weighted by atomic mass is 16.1. The fourth-order valence-corrected chi connectivity index (χ4v) is 3.30. The number of aromatic nitrogens is 4. The van der Waals surface area contributed by atoms with Crippen LogP contribution in [0.25, 0.3) is 5.65 Å². The number of nitrogens with zero attached hydrogens (tertiary/aromatic N) is 5. The predicted molar refractivity (Wildman–Crippen MR) is 94.8 cm³/mol.